The number of benzene rings is 1. The molecule has 1 aromatic rings. The molecule has 1 nitrogen and oxygen atoms in total. The first-order valence-corrected chi connectivity index (χ1v) is 4.68. The molecule has 2 fully saturated rings. The van der Waals surface area contributed by atoms with Gasteiger partial charge in [0.05, 0.1) is 0 Å². The van der Waals surface area contributed by atoms with Gasteiger partial charge in [0.1, 0.15) is 0 Å². The Kier molecular flexibility index (Phi) is 1.17. The summed E-state index contributed by atoms with van der Waals surface area (Å²) in [6.07, 6.45) is 1.41. The third-order valence-corrected chi connectivity index (χ3v) is 3.41. The van der Waals surface area contributed by atoms with Gasteiger partial charge in [0.15, 0.2) is 0 Å². The molecule has 3 rings (SSSR count). The predicted molar refractivity (Wildman–Crippen MR) is 49.1 cm³/mol. The molecule has 0 unspecified atom stereocenters. The van der Waals surface area contributed by atoms with Gasteiger partial charge in [0.2, 0.25) is 0 Å². The number of rotatable bonds is 1. The average molecular weight is 159 g/mol. The van der Waals surface area contributed by atoms with E-state index in [0.29, 0.717) is 5.41 Å². The molecule has 12 heavy (non-hydrogen) atoms. The lowest BCUT2D eigenvalue weighted by atomic mass is 9.95. The quantitative estimate of drug-likeness (QED) is 0.655. The van der Waals surface area contributed by atoms with Crippen LogP contribution in [0.25, 0.3) is 0 Å². The van der Waals surface area contributed by atoms with E-state index in [1.165, 1.54) is 19.5 Å². The largest absolute Gasteiger partial charge is 0.316 e. The Morgan fingerprint density at radius 1 is 1.25 bits per heavy atom. The van der Waals surface area contributed by atoms with Crippen molar-refractivity contribution >= 4 is 0 Å². The average Bonchev–Trinajstić information content (AvgIpc) is 2.72. The zero-order chi connectivity index (χ0) is 8.02. The predicted octanol–water partition coefficient (Wildman–Crippen LogP) is 1.55. The van der Waals surface area contributed by atoms with Crippen LogP contribution in [0.2, 0.25) is 0 Å². The van der Waals surface area contributed by atoms with Crippen molar-refractivity contribution in [3.63, 3.8) is 0 Å². The van der Waals surface area contributed by atoms with E-state index < -0.39 is 0 Å². The lowest BCUT2D eigenvalue weighted by molar-refractivity contribution is 0.675. The summed E-state index contributed by atoms with van der Waals surface area (Å²) in [5, 5.41) is 3.46. The first-order valence-electron chi connectivity index (χ1n) is 4.68. The molecule has 0 radical (unpaired) electrons. The minimum atomic E-state index is 0.543. The van der Waals surface area contributed by atoms with Crippen LogP contribution >= 0.6 is 0 Å². The smallest absolute Gasteiger partial charge is 0.0122 e. The lowest BCUT2D eigenvalue weighted by Crippen LogP contribution is -2.18. The lowest BCUT2D eigenvalue weighted by Gasteiger charge is -2.10. The standard InChI is InChI=1S/C11H13N/c1-2-4-9(5-3-1)11-6-10(11)7-12-8-11/h1-5,10,12H,6-8H2/t10-,11+/m0/s1. The molecule has 0 spiro atoms. The van der Waals surface area contributed by atoms with Crippen LogP contribution in [0.4, 0.5) is 0 Å². The number of fused-ring (bicyclic) bond motifs is 1. The maximum absolute atomic E-state index is 3.46. The molecule has 1 heterocycles. The molecule has 1 aliphatic carbocycles. The summed E-state index contributed by atoms with van der Waals surface area (Å²) >= 11 is 0. The van der Waals surface area contributed by atoms with Gasteiger partial charge in [-0.1, -0.05) is 30.3 Å². The second-order valence-electron chi connectivity index (χ2n) is 4.05. The molecule has 0 amide bonds. The van der Waals surface area contributed by atoms with Crippen molar-refractivity contribution in [3.05, 3.63) is 35.9 Å². The highest BCUT2D eigenvalue weighted by Gasteiger charge is 2.57. The Morgan fingerprint density at radius 2 is 2.08 bits per heavy atom. The van der Waals surface area contributed by atoms with Crippen molar-refractivity contribution in [3.8, 4) is 0 Å². The van der Waals surface area contributed by atoms with Gasteiger partial charge in [0.25, 0.3) is 0 Å². The molecule has 1 saturated heterocycles. The van der Waals surface area contributed by atoms with Crippen LogP contribution < -0.4 is 5.32 Å². The fraction of sp³-hybridized carbons (Fsp3) is 0.455. The summed E-state index contributed by atoms with van der Waals surface area (Å²) in [7, 11) is 0. The maximum atomic E-state index is 3.46. The molecular weight excluding hydrogens is 146 g/mol. The van der Waals surface area contributed by atoms with Crippen molar-refractivity contribution in [2.24, 2.45) is 5.92 Å². The normalized spacial score (nSPS) is 37.8. The van der Waals surface area contributed by atoms with E-state index in [1.807, 2.05) is 0 Å². The zero-order valence-corrected chi connectivity index (χ0v) is 7.09. The van der Waals surface area contributed by atoms with Crippen LogP contribution in [0.15, 0.2) is 30.3 Å². The number of nitrogens with one attached hydrogen (secondary N) is 1. The molecule has 1 aromatic carbocycles. The topological polar surface area (TPSA) is 12.0 Å². The summed E-state index contributed by atoms with van der Waals surface area (Å²) in [4.78, 5) is 0. The molecule has 1 aliphatic heterocycles. The van der Waals surface area contributed by atoms with Gasteiger partial charge in [-0.25, -0.2) is 0 Å². The Balaban J connectivity index is 2.00. The molecular formula is C11H13N. The van der Waals surface area contributed by atoms with Crippen LogP contribution in [0.5, 0.6) is 0 Å². The van der Waals surface area contributed by atoms with Gasteiger partial charge in [0, 0.05) is 12.0 Å². The number of piperidine rings is 1. The third-order valence-electron chi connectivity index (χ3n) is 3.41. The second kappa shape index (κ2) is 2.11. The van der Waals surface area contributed by atoms with Crippen LogP contribution in [-0.2, 0) is 5.41 Å². The van der Waals surface area contributed by atoms with Crippen molar-refractivity contribution in [1.29, 1.82) is 0 Å². The first-order chi connectivity index (χ1) is 5.92. The summed E-state index contributed by atoms with van der Waals surface area (Å²) in [6, 6.07) is 10.9. The second-order valence-corrected chi connectivity index (χ2v) is 4.05. The van der Waals surface area contributed by atoms with E-state index in [2.05, 4.69) is 35.6 Å². The Hall–Kier alpha value is -0.820. The summed E-state index contributed by atoms with van der Waals surface area (Å²) in [5.74, 6) is 0.930. The summed E-state index contributed by atoms with van der Waals surface area (Å²) < 4.78 is 0. The Labute approximate surface area is 72.8 Å². The monoisotopic (exact) mass is 159 g/mol. The molecule has 1 N–H and O–H groups in total. The van der Waals surface area contributed by atoms with Gasteiger partial charge in [-0.2, -0.15) is 0 Å². The van der Waals surface area contributed by atoms with Crippen LogP contribution in [0, 0.1) is 5.92 Å². The minimum absolute atomic E-state index is 0.543. The van der Waals surface area contributed by atoms with Crippen molar-refractivity contribution in [1.82, 2.24) is 5.32 Å². The maximum Gasteiger partial charge on any atom is 0.0122 e. The van der Waals surface area contributed by atoms with E-state index in [9.17, 15) is 0 Å². The van der Waals surface area contributed by atoms with Crippen molar-refractivity contribution in [2.75, 3.05) is 13.1 Å². The Morgan fingerprint density at radius 3 is 2.67 bits per heavy atom. The van der Waals surface area contributed by atoms with Crippen LogP contribution in [-0.4, -0.2) is 13.1 Å². The van der Waals surface area contributed by atoms with E-state index in [0.717, 1.165) is 5.92 Å². The van der Waals surface area contributed by atoms with Gasteiger partial charge in [-0.05, 0) is 24.4 Å². The SMILES string of the molecule is c1ccc([C@@]23CNC[C@@H]2C3)cc1. The molecule has 0 aromatic heterocycles. The summed E-state index contributed by atoms with van der Waals surface area (Å²) in [5.41, 5.74) is 2.08. The molecule has 0 bridgehead atoms. The van der Waals surface area contributed by atoms with E-state index in [-0.39, 0.29) is 0 Å². The highest BCUT2D eigenvalue weighted by atomic mass is 15.0. The molecule has 2 atom stereocenters. The molecule has 62 valence electrons. The first kappa shape index (κ1) is 6.67. The number of hydrogen-bond donors (Lipinski definition) is 1. The van der Waals surface area contributed by atoms with Crippen LogP contribution in [0.1, 0.15) is 12.0 Å². The van der Waals surface area contributed by atoms with Gasteiger partial charge < -0.3 is 5.32 Å². The summed E-state index contributed by atoms with van der Waals surface area (Å²) in [6.45, 7) is 2.43. The third kappa shape index (κ3) is 0.721. The van der Waals surface area contributed by atoms with E-state index in [4.69, 9.17) is 0 Å². The molecule has 1 saturated carbocycles. The molecule has 2 aliphatic rings. The van der Waals surface area contributed by atoms with E-state index >= 15 is 0 Å². The van der Waals surface area contributed by atoms with Crippen molar-refractivity contribution < 1.29 is 0 Å². The highest BCUT2D eigenvalue weighted by Crippen LogP contribution is 2.56. The fourth-order valence-corrected chi connectivity index (χ4v) is 2.56. The molecule has 1 heteroatoms. The zero-order valence-electron chi connectivity index (χ0n) is 7.09. The van der Waals surface area contributed by atoms with Crippen LogP contribution in [0.3, 0.4) is 0 Å². The van der Waals surface area contributed by atoms with E-state index in [1.54, 1.807) is 5.56 Å². The minimum Gasteiger partial charge on any atom is -0.316 e. The van der Waals surface area contributed by atoms with Gasteiger partial charge in [-0.3, -0.25) is 0 Å². The van der Waals surface area contributed by atoms with Gasteiger partial charge in [-0.15, -0.1) is 0 Å². The fourth-order valence-electron chi connectivity index (χ4n) is 2.56. The highest BCUT2D eigenvalue weighted by molar-refractivity contribution is 5.36. The van der Waals surface area contributed by atoms with Crippen molar-refractivity contribution in [2.45, 2.75) is 11.8 Å². The Bertz CT molecular complexity index is 293. The number of hydrogen-bond acceptors (Lipinski definition) is 1. The van der Waals surface area contributed by atoms with Gasteiger partial charge >= 0.3 is 0 Å².